The smallest absolute Gasteiger partial charge is 0.408 e. The van der Waals surface area contributed by atoms with Crippen molar-refractivity contribution in [3.8, 4) is 0 Å². The number of ether oxygens (including phenoxy) is 8. The maximum atomic E-state index is 15.9. The van der Waals surface area contributed by atoms with Gasteiger partial charge in [0.2, 0.25) is 0 Å². The standard InChI is InChI=1S/C52H59FN2O13/c1-10-36-64-40-37-29(2)34(63-46(58)41(61-27-31-18-13-11-14-19-31)39(38-33(53)22-17-25-54-38)55-47(59)68-48(4,5)6)26-52(60,49(37,7)8)44(66-45(57)32-20-15-12-16-21-32)42-50(9,43(40)65-36)24-23-35-51(42,28-62-35)67-30(3)56/h10-25,34-36,39-44,60H,1,26-28H2,2-9H3,(H,55,59)/t34-,35+,36+,39-,40+,41+,42-,43+,44-,50+,51-,52+/m0/s1. The number of halogens is 1. The largest absolute Gasteiger partial charge is 0.456 e. The number of benzene rings is 2. The van der Waals surface area contributed by atoms with Crippen molar-refractivity contribution >= 4 is 24.0 Å². The van der Waals surface area contributed by atoms with E-state index < -0.39 is 112 Å². The molecule has 3 aromatic rings. The molecule has 16 heteroatoms. The van der Waals surface area contributed by atoms with Crippen molar-refractivity contribution in [1.82, 2.24) is 10.3 Å². The number of fused-ring (bicyclic) bond motifs is 8. The number of alkyl carbamates (subject to hydrolysis) is 1. The highest BCUT2D eigenvalue weighted by Crippen LogP contribution is 2.65. The van der Waals surface area contributed by atoms with Gasteiger partial charge in [-0.3, -0.25) is 9.78 Å². The highest BCUT2D eigenvalue weighted by molar-refractivity contribution is 5.89. The number of aromatic nitrogens is 1. The molecule has 362 valence electrons. The molecule has 2 saturated heterocycles. The van der Waals surface area contributed by atoms with Gasteiger partial charge in [-0.2, -0.15) is 0 Å². The molecule has 12 atom stereocenters. The molecule has 2 bridgehead atoms. The van der Waals surface area contributed by atoms with Crippen LogP contribution in [-0.4, -0.2) is 100 Å². The van der Waals surface area contributed by atoms with E-state index in [-0.39, 0.29) is 30.9 Å². The van der Waals surface area contributed by atoms with Gasteiger partial charge in [-0.15, -0.1) is 0 Å². The van der Waals surface area contributed by atoms with Gasteiger partial charge in [0.1, 0.15) is 59.3 Å². The molecule has 3 fully saturated rings. The molecule has 2 aromatic carbocycles. The normalized spacial score (nSPS) is 32.0. The SMILES string of the molecule is C=C[C@@H]1O[C@@H]2C3=C(C)[C@@H](OC(=O)[C@H](OCc4ccccc4)[C@@H](NC(=O)OC(C)(C)C)c4ncccc4F)C[C@@](O)([C@@H](OC(=O)c4ccccc4)[C@H]4[C@@](C)(C=C[C@H]5OC[C@]54OC(C)=O)[C@@H]2O1)C3(C)C. The third-order valence-corrected chi connectivity index (χ3v) is 14.1. The Morgan fingerprint density at radius 3 is 2.31 bits per heavy atom. The second-order valence-corrected chi connectivity index (χ2v) is 19.9. The van der Waals surface area contributed by atoms with Crippen LogP contribution >= 0.6 is 0 Å². The summed E-state index contributed by atoms with van der Waals surface area (Å²) in [7, 11) is 0. The van der Waals surface area contributed by atoms with E-state index in [1.165, 1.54) is 25.3 Å². The van der Waals surface area contributed by atoms with Crippen molar-refractivity contribution in [1.29, 1.82) is 0 Å². The average molecular weight is 939 g/mol. The molecule has 1 saturated carbocycles. The molecule has 15 nitrogen and oxygen atoms in total. The zero-order valence-electron chi connectivity index (χ0n) is 39.4. The third-order valence-electron chi connectivity index (χ3n) is 14.1. The molecule has 5 aliphatic rings. The summed E-state index contributed by atoms with van der Waals surface area (Å²) in [5.74, 6) is -4.40. The summed E-state index contributed by atoms with van der Waals surface area (Å²) >= 11 is 0. The van der Waals surface area contributed by atoms with Crippen molar-refractivity contribution in [3.63, 3.8) is 0 Å². The van der Waals surface area contributed by atoms with E-state index in [2.05, 4.69) is 16.9 Å². The molecule has 0 radical (unpaired) electrons. The lowest BCUT2D eigenvalue weighted by atomic mass is 9.46. The fourth-order valence-corrected chi connectivity index (χ4v) is 10.9. The molecule has 2 aliphatic heterocycles. The quantitative estimate of drug-likeness (QED) is 0.106. The van der Waals surface area contributed by atoms with Gasteiger partial charge in [-0.1, -0.05) is 88.0 Å². The minimum absolute atomic E-state index is 0.114. The predicted octanol–water partition coefficient (Wildman–Crippen LogP) is 7.19. The van der Waals surface area contributed by atoms with Crippen LogP contribution in [0.5, 0.6) is 0 Å². The van der Waals surface area contributed by atoms with Crippen LogP contribution in [-0.2, 0) is 54.1 Å². The van der Waals surface area contributed by atoms with Crippen LogP contribution in [0.4, 0.5) is 9.18 Å². The van der Waals surface area contributed by atoms with Crippen LogP contribution in [0.1, 0.15) is 89.5 Å². The van der Waals surface area contributed by atoms with Gasteiger partial charge in [0, 0.05) is 30.4 Å². The monoisotopic (exact) mass is 938 g/mol. The van der Waals surface area contributed by atoms with Crippen molar-refractivity contribution in [2.75, 3.05) is 6.61 Å². The molecule has 0 spiro atoms. The molecular weight excluding hydrogens is 880 g/mol. The Kier molecular flexibility index (Phi) is 13.1. The number of aliphatic hydroxyl groups is 1. The summed E-state index contributed by atoms with van der Waals surface area (Å²) in [6.45, 7) is 17.1. The third kappa shape index (κ3) is 8.65. The zero-order chi connectivity index (χ0) is 49.0. The van der Waals surface area contributed by atoms with E-state index in [1.807, 2.05) is 19.1 Å². The Hall–Kier alpha value is -5.78. The van der Waals surface area contributed by atoms with Gasteiger partial charge in [0.15, 0.2) is 18.0 Å². The Balaban J connectivity index is 1.29. The minimum Gasteiger partial charge on any atom is -0.456 e. The minimum atomic E-state index is -2.16. The fourth-order valence-electron chi connectivity index (χ4n) is 10.9. The number of esters is 3. The summed E-state index contributed by atoms with van der Waals surface area (Å²) < 4.78 is 66.7. The van der Waals surface area contributed by atoms with Crippen LogP contribution in [0.25, 0.3) is 0 Å². The van der Waals surface area contributed by atoms with E-state index in [0.717, 1.165) is 6.07 Å². The highest BCUT2D eigenvalue weighted by atomic mass is 19.1. The van der Waals surface area contributed by atoms with Crippen LogP contribution in [0.2, 0.25) is 0 Å². The van der Waals surface area contributed by atoms with E-state index in [1.54, 1.807) is 102 Å². The molecule has 0 unspecified atom stereocenters. The highest BCUT2D eigenvalue weighted by Gasteiger charge is 2.76. The lowest BCUT2D eigenvalue weighted by Gasteiger charge is -2.66. The lowest BCUT2D eigenvalue weighted by Crippen LogP contribution is -2.78. The average Bonchev–Trinajstić information content (AvgIpc) is 3.71. The number of carbonyl (C=O) groups is 4. The fraction of sp³-hybridized carbons (Fsp3) is 0.481. The van der Waals surface area contributed by atoms with Gasteiger partial charge in [-0.05, 0) is 74.7 Å². The topological polar surface area (TPSA) is 187 Å². The second kappa shape index (κ2) is 18.3. The Morgan fingerprint density at radius 2 is 1.69 bits per heavy atom. The maximum absolute atomic E-state index is 15.9. The molecular formula is C52H59FN2O13. The lowest BCUT2D eigenvalue weighted by molar-refractivity contribution is -0.316. The number of nitrogens with zero attached hydrogens (tertiary/aromatic N) is 1. The van der Waals surface area contributed by atoms with Gasteiger partial charge in [0.25, 0.3) is 0 Å². The second-order valence-electron chi connectivity index (χ2n) is 19.9. The number of pyridine rings is 1. The maximum Gasteiger partial charge on any atom is 0.408 e. The van der Waals surface area contributed by atoms with E-state index in [4.69, 9.17) is 37.9 Å². The summed E-state index contributed by atoms with van der Waals surface area (Å²) in [5, 5.41) is 16.6. The molecule has 68 heavy (non-hydrogen) atoms. The van der Waals surface area contributed by atoms with E-state index >= 15 is 9.18 Å². The van der Waals surface area contributed by atoms with Gasteiger partial charge >= 0.3 is 24.0 Å². The summed E-state index contributed by atoms with van der Waals surface area (Å²) in [4.78, 5) is 60.7. The Morgan fingerprint density at radius 1 is 1.00 bits per heavy atom. The van der Waals surface area contributed by atoms with Crippen molar-refractivity contribution in [2.45, 2.75) is 134 Å². The number of hydrogen-bond acceptors (Lipinski definition) is 14. The first-order valence-electron chi connectivity index (χ1n) is 22.7. The first kappa shape index (κ1) is 48.7. The van der Waals surface area contributed by atoms with Crippen LogP contribution in [0, 0.1) is 22.6 Å². The first-order chi connectivity index (χ1) is 32.1. The van der Waals surface area contributed by atoms with Crippen molar-refractivity contribution in [2.24, 2.45) is 16.7 Å². The number of hydrogen-bond donors (Lipinski definition) is 2. The molecule has 3 heterocycles. The van der Waals surface area contributed by atoms with Crippen molar-refractivity contribution < 1.29 is 66.6 Å². The molecule has 1 aromatic heterocycles. The number of amides is 1. The summed E-state index contributed by atoms with van der Waals surface area (Å²) in [5.41, 5.74) is -5.76. The number of carbonyl (C=O) groups excluding carboxylic acids is 4. The van der Waals surface area contributed by atoms with E-state index in [0.29, 0.717) is 16.7 Å². The van der Waals surface area contributed by atoms with Gasteiger partial charge in [-0.25, -0.2) is 18.8 Å². The summed E-state index contributed by atoms with van der Waals surface area (Å²) in [6, 6.07) is 18.1. The van der Waals surface area contributed by atoms with Gasteiger partial charge < -0.3 is 48.3 Å². The summed E-state index contributed by atoms with van der Waals surface area (Å²) in [6.07, 6.45) is -3.14. The molecule has 3 aliphatic carbocycles. The zero-order valence-corrected chi connectivity index (χ0v) is 39.4. The first-order valence-corrected chi connectivity index (χ1v) is 22.7. The van der Waals surface area contributed by atoms with Gasteiger partial charge in [0.05, 0.1) is 24.7 Å². The number of nitrogens with one attached hydrogen (secondary N) is 1. The van der Waals surface area contributed by atoms with Crippen LogP contribution < -0.4 is 5.32 Å². The molecule has 8 rings (SSSR count). The van der Waals surface area contributed by atoms with Crippen molar-refractivity contribution in [3.05, 3.63) is 138 Å². The van der Waals surface area contributed by atoms with Crippen LogP contribution in [0.3, 0.4) is 0 Å². The van der Waals surface area contributed by atoms with E-state index in [9.17, 15) is 19.5 Å². The Labute approximate surface area is 395 Å². The van der Waals surface area contributed by atoms with Crippen LogP contribution in [0.15, 0.2) is 115 Å². The predicted molar refractivity (Wildman–Crippen MR) is 242 cm³/mol. The number of rotatable bonds is 12. The molecule has 2 N–H and O–H groups in total. The Bertz CT molecular complexity index is 2490. The molecule has 1 amide bonds.